The normalized spacial score (nSPS) is 10.4. The third kappa shape index (κ3) is 2.33. The molecule has 1 heterocycles. The molecule has 3 nitrogen and oxygen atoms in total. The largest absolute Gasteiger partial charge is 0.246 e. The van der Waals surface area contributed by atoms with Gasteiger partial charge in [0.15, 0.2) is 0 Å². The molecule has 0 atom stereocenters. The van der Waals surface area contributed by atoms with Crippen molar-refractivity contribution < 1.29 is 4.21 Å². The summed E-state index contributed by atoms with van der Waals surface area (Å²) < 4.78 is 19.7. The van der Waals surface area contributed by atoms with Crippen molar-refractivity contribution >= 4 is 21.1 Å². The molecule has 0 bridgehead atoms. The lowest BCUT2D eigenvalue weighted by molar-refractivity contribution is 0.694. The van der Waals surface area contributed by atoms with Crippen molar-refractivity contribution in [2.75, 3.05) is 0 Å². The van der Waals surface area contributed by atoms with E-state index in [9.17, 15) is 4.21 Å². The second-order valence-corrected chi connectivity index (χ2v) is 5.33. The summed E-state index contributed by atoms with van der Waals surface area (Å²) in [5.41, 5.74) is 2.28. The van der Waals surface area contributed by atoms with Crippen LogP contribution in [0, 0.1) is 9.29 Å². The van der Waals surface area contributed by atoms with E-state index in [0.29, 0.717) is 10.2 Å². The Labute approximate surface area is 118 Å². The van der Waals surface area contributed by atoms with Crippen LogP contribution in [-0.4, -0.2) is 9.19 Å². The van der Waals surface area contributed by atoms with Crippen molar-refractivity contribution in [1.29, 1.82) is 4.78 Å². The lowest BCUT2D eigenvalue weighted by Gasteiger charge is -1.97. The third-order valence-corrected chi connectivity index (χ3v) is 3.79. The molecule has 98 valence electrons. The van der Waals surface area contributed by atoms with Gasteiger partial charge in [0, 0.05) is 10.9 Å². The predicted octanol–water partition coefficient (Wildman–Crippen LogP) is 3.94. The van der Waals surface area contributed by atoms with E-state index in [4.69, 9.17) is 4.78 Å². The van der Waals surface area contributed by atoms with E-state index in [1.807, 2.05) is 60.7 Å². The standard InChI is InChI=1S/C16H12N2OS/c17-20(19)15-11-10-12-6-4-5-9-14(12)18-16(15)13-7-2-1-3-8-13/h1-11,17H. The maximum absolute atomic E-state index is 11.7. The number of nitrogens with zero attached hydrogens (tertiary/aromatic N) is 1. The third-order valence-electron chi connectivity index (χ3n) is 3.06. The Bertz CT molecular complexity index is 940. The van der Waals surface area contributed by atoms with E-state index in [1.54, 1.807) is 6.07 Å². The molecule has 0 aliphatic carbocycles. The molecule has 0 saturated heterocycles. The minimum atomic E-state index is -1.83. The van der Waals surface area contributed by atoms with Crippen LogP contribution in [0.4, 0.5) is 0 Å². The Morgan fingerprint density at radius 3 is 2.30 bits per heavy atom. The second kappa shape index (κ2) is 5.27. The van der Waals surface area contributed by atoms with Crippen LogP contribution in [0.3, 0.4) is 0 Å². The van der Waals surface area contributed by atoms with Crippen LogP contribution >= 0.6 is 0 Å². The maximum Gasteiger partial charge on any atom is 0.103 e. The van der Waals surface area contributed by atoms with Gasteiger partial charge in [-0.3, -0.25) is 0 Å². The molecule has 0 fully saturated rings. The molecule has 0 radical (unpaired) electrons. The smallest absolute Gasteiger partial charge is 0.103 e. The van der Waals surface area contributed by atoms with Crippen molar-refractivity contribution in [2.45, 2.75) is 0 Å². The van der Waals surface area contributed by atoms with Crippen molar-refractivity contribution in [1.82, 2.24) is 4.98 Å². The molecule has 20 heavy (non-hydrogen) atoms. The van der Waals surface area contributed by atoms with Crippen LogP contribution in [0.25, 0.3) is 22.2 Å². The molecule has 2 aromatic carbocycles. The summed E-state index contributed by atoms with van der Waals surface area (Å²) in [5.74, 6) is 0. The zero-order chi connectivity index (χ0) is 13.9. The number of benzene rings is 2. The molecular formula is C16H12N2OS. The first-order valence-electron chi connectivity index (χ1n) is 6.17. The monoisotopic (exact) mass is 280 g/mol. The molecule has 3 rings (SSSR count). The molecular weight excluding hydrogens is 268 g/mol. The van der Waals surface area contributed by atoms with Gasteiger partial charge in [0.2, 0.25) is 0 Å². The molecule has 4 heteroatoms. The average molecular weight is 280 g/mol. The lowest BCUT2D eigenvalue weighted by Crippen LogP contribution is -1.82. The summed E-state index contributed by atoms with van der Waals surface area (Å²) >= 11 is 0. The van der Waals surface area contributed by atoms with E-state index < -0.39 is 10.2 Å². The van der Waals surface area contributed by atoms with Crippen molar-refractivity contribution in [3.8, 4) is 11.3 Å². The molecule has 1 N–H and O–H groups in total. The van der Waals surface area contributed by atoms with Crippen molar-refractivity contribution in [3.63, 3.8) is 0 Å². The van der Waals surface area contributed by atoms with Crippen LogP contribution in [0.1, 0.15) is 0 Å². The first kappa shape index (κ1) is 12.6. The van der Waals surface area contributed by atoms with Crippen LogP contribution in [-0.2, 0) is 10.2 Å². The Hall–Kier alpha value is -2.46. The summed E-state index contributed by atoms with van der Waals surface area (Å²) in [6.07, 6.45) is 0. The number of para-hydroxylation sites is 1. The van der Waals surface area contributed by atoms with E-state index >= 15 is 0 Å². The molecule has 3 aromatic rings. The molecule has 0 aliphatic heterocycles. The van der Waals surface area contributed by atoms with Gasteiger partial charge in [0.1, 0.15) is 10.2 Å². The Balaban J connectivity index is 2.53. The average Bonchev–Trinajstić information content (AvgIpc) is 2.67. The van der Waals surface area contributed by atoms with Gasteiger partial charge < -0.3 is 0 Å². The quantitative estimate of drug-likeness (QED) is 0.686. The highest BCUT2D eigenvalue weighted by molar-refractivity contribution is 7.65. The van der Waals surface area contributed by atoms with Gasteiger partial charge >= 0.3 is 0 Å². The minimum absolute atomic E-state index is 0.424. The molecule has 0 amide bonds. The molecule has 0 unspecified atom stereocenters. The molecule has 0 spiro atoms. The number of fused-ring (bicyclic) bond motifs is 1. The highest BCUT2D eigenvalue weighted by Crippen LogP contribution is 2.20. The molecule has 1 aromatic heterocycles. The Morgan fingerprint density at radius 1 is 0.850 bits per heavy atom. The Kier molecular flexibility index (Phi) is 3.31. The topological polar surface area (TPSA) is 53.8 Å². The summed E-state index contributed by atoms with van der Waals surface area (Å²) in [5, 5.41) is 0.960. The fourth-order valence-corrected chi connectivity index (χ4v) is 2.63. The van der Waals surface area contributed by atoms with Gasteiger partial charge in [0.05, 0.1) is 15.7 Å². The first-order valence-corrected chi connectivity index (χ1v) is 7.32. The summed E-state index contributed by atoms with van der Waals surface area (Å²) in [7, 11) is -1.83. The highest BCUT2D eigenvalue weighted by Gasteiger charge is 2.03. The van der Waals surface area contributed by atoms with E-state index in [1.165, 1.54) is 0 Å². The summed E-state index contributed by atoms with van der Waals surface area (Å²) in [6.45, 7) is 0. The highest BCUT2D eigenvalue weighted by atomic mass is 32.2. The van der Waals surface area contributed by atoms with E-state index in [2.05, 4.69) is 4.98 Å². The number of hydrogen-bond acceptors (Lipinski definition) is 3. The second-order valence-electron chi connectivity index (χ2n) is 4.35. The van der Waals surface area contributed by atoms with E-state index in [-0.39, 0.29) is 0 Å². The maximum atomic E-state index is 11.7. The van der Waals surface area contributed by atoms with Crippen LogP contribution in [0.5, 0.6) is 0 Å². The fraction of sp³-hybridized carbons (Fsp3) is 0. The number of nitrogens with one attached hydrogen (secondary N) is 1. The number of rotatable bonds is 1. The number of hydrogen-bond donors (Lipinski definition) is 1. The van der Waals surface area contributed by atoms with Crippen LogP contribution < -0.4 is 0 Å². The zero-order valence-corrected chi connectivity index (χ0v) is 11.4. The minimum Gasteiger partial charge on any atom is -0.246 e. The SMILES string of the molecule is N=S(=O)=c1ccc2ccccc2nc1-c1ccccc1. The fourth-order valence-electron chi connectivity index (χ4n) is 2.10. The molecule has 0 saturated carbocycles. The first-order chi connectivity index (χ1) is 9.75. The van der Waals surface area contributed by atoms with E-state index in [0.717, 1.165) is 16.5 Å². The predicted molar refractivity (Wildman–Crippen MR) is 81.3 cm³/mol. The summed E-state index contributed by atoms with van der Waals surface area (Å²) in [6, 6.07) is 20.9. The van der Waals surface area contributed by atoms with Crippen LogP contribution in [0.15, 0.2) is 66.7 Å². The van der Waals surface area contributed by atoms with Gasteiger partial charge in [-0.25, -0.2) is 14.0 Å². The van der Waals surface area contributed by atoms with Gasteiger partial charge in [-0.05, 0) is 12.1 Å². The van der Waals surface area contributed by atoms with Gasteiger partial charge in [-0.1, -0.05) is 54.6 Å². The van der Waals surface area contributed by atoms with Crippen molar-refractivity contribution in [3.05, 3.63) is 71.2 Å². The number of aromatic nitrogens is 1. The lowest BCUT2D eigenvalue weighted by atomic mass is 10.1. The van der Waals surface area contributed by atoms with Crippen LogP contribution in [0.2, 0.25) is 0 Å². The van der Waals surface area contributed by atoms with Gasteiger partial charge in [-0.15, -0.1) is 0 Å². The molecule has 0 aliphatic rings. The zero-order valence-electron chi connectivity index (χ0n) is 10.6. The Morgan fingerprint density at radius 2 is 1.55 bits per heavy atom. The van der Waals surface area contributed by atoms with Crippen molar-refractivity contribution in [2.24, 2.45) is 0 Å². The van der Waals surface area contributed by atoms with Gasteiger partial charge in [0.25, 0.3) is 0 Å². The summed E-state index contributed by atoms with van der Waals surface area (Å²) in [4.78, 5) is 4.62. The van der Waals surface area contributed by atoms with Gasteiger partial charge in [-0.2, -0.15) is 0 Å².